The van der Waals surface area contributed by atoms with Crippen LogP contribution in [0, 0.1) is 0 Å². The molecule has 0 unspecified atom stereocenters. The van der Waals surface area contributed by atoms with Crippen LogP contribution >= 0.6 is 22.9 Å². The smallest absolute Gasteiger partial charge is 0.223 e. The van der Waals surface area contributed by atoms with Gasteiger partial charge in [-0.25, -0.2) is 9.97 Å². The fraction of sp³-hybridized carbons (Fsp3) is 0.304. The second-order valence-electron chi connectivity index (χ2n) is 8.16. The molecule has 5 rings (SSSR count). The number of β-amino-alcohol motifs (C(OH)–C–C–N with tert-alkyl or cyclic N) is 1. The highest BCUT2D eigenvalue weighted by molar-refractivity contribution is 7.22. The number of aryl methyl sites for hydroxylation is 1. The molecule has 1 aliphatic rings. The second kappa shape index (κ2) is 8.74. The van der Waals surface area contributed by atoms with E-state index >= 15 is 0 Å². The van der Waals surface area contributed by atoms with Crippen LogP contribution in [0.25, 0.3) is 21.3 Å². The minimum Gasteiger partial charge on any atom is -0.391 e. The van der Waals surface area contributed by atoms with Gasteiger partial charge in [-0.05, 0) is 42.8 Å². The van der Waals surface area contributed by atoms with Crippen LogP contribution in [0.1, 0.15) is 29.6 Å². The predicted molar refractivity (Wildman–Crippen MR) is 129 cm³/mol. The number of benzene rings is 2. The SMILES string of the molecule is Cn1c(Nc2nc3ccc(Cl)cc3s2)nc2cc(C(=O)CCC(=O)N3CC[C@@H](O)C3)ccc21. The number of carbonyl (C=O) groups excluding carboxylic acids is 2. The number of likely N-dealkylation sites (tertiary alicyclic amines) is 1. The summed E-state index contributed by atoms with van der Waals surface area (Å²) in [4.78, 5) is 35.8. The van der Waals surface area contributed by atoms with Crippen molar-refractivity contribution in [2.24, 2.45) is 7.05 Å². The zero-order valence-electron chi connectivity index (χ0n) is 17.9. The van der Waals surface area contributed by atoms with Crippen molar-refractivity contribution in [3.05, 3.63) is 47.0 Å². The quantitative estimate of drug-likeness (QED) is 0.400. The third-order valence-electron chi connectivity index (χ3n) is 5.85. The highest BCUT2D eigenvalue weighted by Gasteiger charge is 2.24. The van der Waals surface area contributed by atoms with Crippen molar-refractivity contribution in [3.63, 3.8) is 0 Å². The third kappa shape index (κ3) is 4.44. The summed E-state index contributed by atoms with van der Waals surface area (Å²) in [5.74, 6) is 0.415. The Morgan fingerprint density at radius 2 is 2.03 bits per heavy atom. The summed E-state index contributed by atoms with van der Waals surface area (Å²) in [5, 5.41) is 14.2. The number of aromatic nitrogens is 3. The van der Waals surface area contributed by atoms with Crippen LogP contribution in [0.3, 0.4) is 0 Å². The molecule has 0 saturated carbocycles. The zero-order valence-corrected chi connectivity index (χ0v) is 19.5. The molecule has 1 atom stereocenters. The minimum absolute atomic E-state index is 0.0950. The summed E-state index contributed by atoms with van der Waals surface area (Å²) in [5.41, 5.74) is 2.94. The van der Waals surface area contributed by atoms with Crippen molar-refractivity contribution in [3.8, 4) is 0 Å². The molecular weight excluding hydrogens is 462 g/mol. The molecule has 10 heteroatoms. The second-order valence-corrected chi connectivity index (χ2v) is 9.63. The van der Waals surface area contributed by atoms with E-state index in [1.54, 1.807) is 17.0 Å². The van der Waals surface area contributed by atoms with Crippen LogP contribution in [0.5, 0.6) is 0 Å². The summed E-state index contributed by atoms with van der Waals surface area (Å²) < 4.78 is 2.89. The first-order chi connectivity index (χ1) is 15.9. The van der Waals surface area contributed by atoms with Crippen LogP contribution in [0.2, 0.25) is 5.02 Å². The number of fused-ring (bicyclic) bond motifs is 2. The number of Topliss-reactive ketones (excluding diaryl/α,β-unsaturated/α-hetero) is 1. The number of amides is 1. The number of hydrogen-bond acceptors (Lipinski definition) is 7. The number of aliphatic hydroxyl groups excluding tert-OH is 1. The molecule has 170 valence electrons. The number of nitrogens with zero attached hydrogens (tertiary/aromatic N) is 4. The highest BCUT2D eigenvalue weighted by atomic mass is 35.5. The Morgan fingerprint density at radius 3 is 2.82 bits per heavy atom. The molecule has 2 aromatic heterocycles. The van der Waals surface area contributed by atoms with Gasteiger partial charge in [0.05, 0.1) is 27.4 Å². The summed E-state index contributed by atoms with van der Waals surface area (Å²) in [6.45, 7) is 0.899. The van der Waals surface area contributed by atoms with Crippen LogP contribution in [-0.2, 0) is 11.8 Å². The number of anilines is 2. The fourth-order valence-electron chi connectivity index (χ4n) is 4.02. The number of aliphatic hydroxyl groups is 1. The standard InChI is InChI=1S/C23H22ClN5O3S/c1-28-18-5-2-13(19(31)6-7-21(32)29-9-8-15(30)12-29)10-17(18)25-22(28)27-23-26-16-4-3-14(24)11-20(16)33-23/h2-5,10-11,15,30H,6-9,12H2,1H3,(H,25,26,27)/t15-/m1/s1. The molecule has 0 aliphatic carbocycles. The van der Waals surface area contributed by atoms with Gasteiger partial charge in [0.1, 0.15) is 0 Å². The Hall–Kier alpha value is -3.01. The molecule has 4 aromatic rings. The number of carbonyl (C=O) groups is 2. The molecule has 1 saturated heterocycles. The fourth-order valence-corrected chi connectivity index (χ4v) is 5.16. The van der Waals surface area contributed by atoms with Crippen molar-refractivity contribution >= 4 is 67.0 Å². The molecule has 2 aromatic carbocycles. The first-order valence-electron chi connectivity index (χ1n) is 10.7. The maximum atomic E-state index is 12.7. The van der Waals surface area contributed by atoms with E-state index in [2.05, 4.69) is 15.3 Å². The highest BCUT2D eigenvalue weighted by Crippen LogP contribution is 2.31. The van der Waals surface area contributed by atoms with E-state index in [1.165, 1.54) is 11.3 Å². The largest absolute Gasteiger partial charge is 0.391 e. The van der Waals surface area contributed by atoms with Crippen molar-refractivity contribution < 1.29 is 14.7 Å². The first-order valence-corrected chi connectivity index (χ1v) is 11.9. The van der Waals surface area contributed by atoms with E-state index in [-0.39, 0.29) is 24.5 Å². The zero-order chi connectivity index (χ0) is 23.1. The molecule has 1 fully saturated rings. The van der Waals surface area contributed by atoms with Gasteiger partial charge in [-0.15, -0.1) is 0 Å². The Balaban J connectivity index is 1.30. The average molecular weight is 484 g/mol. The Labute approximate surface area is 198 Å². The lowest BCUT2D eigenvalue weighted by atomic mass is 10.1. The number of rotatable bonds is 6. The number of nitrogens with one attached hydrogen (secondary N) is 1. The summed E-state index contributed by atoms with van der Waals surface area (Å²) in [6.07, 6.45) is 0.403. The van der Waals surface area contributed by atoms with Gasteiger partial charge in [0.15, 0.2) is 10.9 Å². The van der Waals surface area contributed by atoms with Gasteiger partial charge in [0, 0.05) is 43.6 Å². The lowest BCUT2D eigenvalue weighted by Gasteiger charge is -2.14. The topological polar surface area (TPSA) is 100 Å². The predicted octanol–water partition coefficient (Wildman–Crippen LogP) is 4.14. The van der Waals surface area contributed by atoms with E-state index in [1.807, 2.05) is 35.9 Å². The van der Waals surface area contributed by atoms with Crippen LogP contribution in [0.15, 0.2) is 36.4 Å². The van der Waals surface area contributed by atoms with E-state index in [0.29, 0.717) is 46.7 Å². The number of hydrogen-bond donors (Lipinski definition) is 2. The Bertz CT molecular complexity index is 1380. The number of ketones is 1. The van der Waals surface area contributed by atoms with Gasteiger partial charge in [0.2, 0.25) is 11.9 Å². The lowest BCUT2D eigenvalue weighted by Crippen LogP contribution is -2.29. The molecule has 0 bridgehead atoms. The van der Waals surface area contributed by atoms with E-state index in [4.69, 9.17) is 11.6 Å². The first kappa shape index (κ1) is 21.8. The Morgan fingerprint density at radius 1 is 1.18 bits per heavy atom. The normalized spacial score (nSPS) is 16.1. The van der Waals surface area contributed by atoms with Crippen LogP contribution < -0.4 is 5.32 Å². The molecule has 3 heterocycles. The van der Waals surface area contributed by atoms with Gasteiger partial charge in [0.25, 0.3) is 0 Å². The number of imidazole rings is 1. The number of halogens is 1. The summed E-state index contributed by atoms with van der Waals surface area (Å²) in [6, 6.07) is 10.9. The van der Waals surface area contributed by atoms with Gasteiger partial charge < -0.3 is 19.9 Å². The molecule has 1 aliphatic heterocycles. The molecule has 8 nitrogen and oxygen atoms in total. The average Bonchev–Trinajstić information content (AvgIpc) is 3.48. The molecule has 33 heavy (non-hydrogen) atoms. The molecule has 1 amide bonds. The maximum absolute atomic E-state index is 12.7. The Kier molecular flexibility index (Phi) is 5.77. The van der Waals surface area contributed by atoms with Gasteiger partial charge >= 0.3 is 0 Å². The van der Waals surface area contributed by atoms with E-state index in [0.717, 1.165) is 15.7 Å². The number of thiazole rings is 1. The monoisotopic (exact) mass is 483 g/mol. The summed E-state index contributed by atoms with van der Waals surface area (Å²) in [7, 11) is 1.90. The van der Waals surface area contributed by atoms with Crippen molar-refractivity contribution in [1.29, 1.82) is 0 Å². The maximum Gasteiger partial charge on any atom is 0.223 e. The van der Waals surface area contributed by atoms with E-state index in [9.17, 15) is 14.7 Å². The van der Waals surface area contributed by atoms with Gasteiger partial charge in [-0.3, -0.25) is 9.59 Å². The van der Waals surface area contributed by atoms with Gasteiger partial charge in [-0.1, -0.05) is 22.9 Å². The summed E-state index contributed by atoms with van der Waals surface area (Å²) >= 11 is 7.56. The van der Waals surface area contributed by atoms with E-state index < -0.39 is 6.10 Å². The third-order valence-corrected chi connectivity index (χ3v) is 7.02. The van der Waals surface area contributed by atoms with Crippen LogP contribution in [0.4, 0.5) is 11.1 Å². The van der Waals surface area contributed by atoms with Crippen molar-refractivity contribution in [2.75, 3.05) is 18.4 Å². The molecule has 2 N–H and O–H groups in total. The lowest BCUT2D eigenvalue weighted by molar-refractivity contribution is -0.130. The van der Waals surface area contributed by atoms with Gasteiger partial charge in [-0.2, -0.15) is 0 Å². The van der Waals surface area contributed by atoms with Crippen molar-refractivity contribution in [2.45, 2.75) is 25.4 Å². The van der Waals surface area contributed by atoms with Crippen molar-refractivity contribution in [1.82, 2.24) is 19.4 Å². The van der Waals surface area contributed by atoms with Crippen LogP contribution in [-0.4, -0.2) is 55.4 Å². The molecule has 0 radical (unpaired) electrons. The molecule has 0 spiro atoms. The minimum atomic E-state index is -0.459. The molecular formula is C23H22ClN5O3S.